The average molecular weight is 400 g/mol. The van der Waals surface area contributed by atoms with E-state index >= 15 is 0 Å². The summed E-state index contributed by atoms with van der Waals surface area (Å²) in [5.74, 6) is 1.00. The van der Waals surface area contributed by atoms with Gasteiger partial charge in [-0.3, -0.25) is 4.79 Å². The Morgan fingerprint density at radius 1 is 1.07 bits per heavy atom. The van der Waals surface area contributed by atoms with Gasteiger partial charge >= 0.3 is 0 Å². The van der Waals surface area contributed by atoms with Crippen molar-refractivity contribution in [2.24, 2.45) is 0 Å². The molecule has 0 bridgehead atoms. The minimum absolute atomic E-state index is 0.0627. The molecule has 2 aliphatic rings. The van der Waals surface area contributed by atoms with Gasteiger partial charge in [0.05, 0.1) is 31.8 Å². The molecule has 1 N–H and O–H groups in total. The van der Waals surface area contributed by atoms with E-state index in [0.717, 1.165) is 28.9 Å². The number of ketones is 1. The molecule has 0 spiro atoms. The molecule has 2 unspecified atom stereocenters. The summed E-state index contributed by atoms with van der Waals surface area (Å²) in [7, 11) is 3.19. The van der Waals surface area contributed by atoms with Gasteiger partial charge in [0.2, 0.25) is 0 Å². The lowest BCUT2D eigenvalue weighted by atomic mass is 9.72. The summed E-state index contributed by atoms with van der Waals surface area (Å²) in [5, 5.41) is 13.3. The molecule has 0 amide bonds. The van der Waals surface area contributed by atoms with Gasteiger partial charge in [-0.25, -0.2) is 0 Å². The second kappa shape index (κ2) is 8.08. The predicted octanol–water partition coefficient (Wildman–Crippen LogP) is 4.59. The highest BCUT2D eigenvalue weighted by atomic mass is 16.5. The van der Waals surface area contributed by atoms with Crippen LogP contribution in [0, 0.1) is 11.3 Å². The molecular weight excluding hydrogens is 376 g/mol. The summed E-state index contributed by atoms with van der Waals surface area (Å²) in [6.07, 6.45) is 1.15. The van der Waals surface area contributed by atoms with Crippen molar-refractivity contribution in [2.45, 2.75) is 31.6 Å². The Morgan fingerprint density at radius 3 is 2.50 bits per heavy atom. The molecular formula is C25H24N2O3. The molecule has 5 heteroatoms. The highest BCUT2D eigenvalue weighted by Crippen LogP contribution is 2.47. The lowest BCUT2D eigenvalue weighted by molar-refractivity contribution is -0.116. The van der Waals surface area contributed by atoms with Gasteiger partial charge in [0, 0.05) is 29.0 Å². The number of hydrogen-bond donors (Lipinski definition) is 1. The molecule has 2 atom stereocenters. The van der Waals surface area contributed by atoms with E-state index in [2.05, 4.69) is 23.5 Å². The molecule has 2 aromatic rings. The molecule has 152 valence electrons. The first kappa shape index (κ1) is 19.8. The molecule has 30 heavy (non-hydrogen) atoms. The number of nitrogens with zero attached hydrogens (tertiary/aromatic N) is 1. The largest absolute Gasteiger partial charge is 0.497 e. The predicted molar refractivity (Wildman–Crippen MR) is 114 cm³/mol. The maximum Gasteiger partial charge on any atom is 0.162 e. The number of dihydropyridines is 1. The summed E-state index contributed by atoms with van der Waals surface area (Å²) in [4.78, 5) is 13.4. The fraction of sp³-hybridized carbons (Fsp3) is 0.280. The van der Waals surface area contributed by atoms with Crippen molar-refractivity contribution in [3.63, 3.8) is 0 Å². The van der Waals surface area contributed by atoms with Crippen LogP contribution < -0.4 is 14.8 Å². The number of Topliss-reactive ketones (excluding diaryl/α,β-unsaturated/α-hetero) is 1. The van der Waals surface area contributed by atoms with Gasteiger partial charge in [0.1, 0.15) is 11.5 Å². The monoisotopic (exact) mass is 400 g/mol. The number of carbonyl (C=O) groups excluding carboxylic acids is 1. The van der Waals surface area contributed by atoms with E-state index in [1.54, 1.807) is 14.2 Å². The number of hydrogen-bond acceptors (Lipinski definition) is 5. The van der Waals surface area contributed by atoms with Gasteiger partial charge in [-0.05, 0) is 43.0 Å². The summed E-state index contributed by atoms with van der Waals surface area (Å²) in [5.41, 5.74) is 4.79. The molecule has 0 radical (unpaired) electrons. The number of ether oxygens (including phenoxy) is 2. The fourth-order valence-electron chi connectivity index (χ4n) is 4.52. The van der Waals surface area contributed by atoms with E-state index in [-0.39, 0.29) is 11.7 Å². The maximum absolute atomic E-state index is 13.4. The standard InChI is InChI=1S/C25H24N2O3/c1-15-20(14-26)24(19-13-18(29-2)9-10-23(19)30-3)25-21(27-15)11-17(12-22(25)28)16-7-5-4-6-8-16/h4-10,13,17,24,27H,11-12H2,1-3H3. The van der Waals surface area contributed by atoms with E-state index < -0.39 is 5.92 Å². The minimum atomic E-state index is -0.472. The molecule has 0 aromatic heterocycles. The fourth-order valence-corrected chi connectivity index (χ4v) is 4.52. The topological polar surface area (TPSA) is 71.3 Å². The van der Waals surface area contributed by atoms with Crippen LogP contribution in [0.3, 0.4) is 0 Å². The number of benzene rings is 2. The Hall–Kier alpha value is -3.52. The molecule has 2 aromatic carbocycles. The van der Waals surface area contributed by atoms with E-state index in [9.17, 15) is 10.1 Å². The van der Waals surface area contributed by atoms with Gasteiger partial charge in [0.25, 0.3) is 0 Å². The van der Waals surface area contributed by atoms with Crippen LogP contribution in [0.1, 0.15) is 42.7 Å². The van der Waals surface area contributed by atoms with Crippen molar-refractivity contribution in [3.8, 4) is 17.6 Å². The van der Waals surface area contributed by atoms with Crippen molar-refractivity contribution in [2.75, 3.05) is 14.2 Å². The van der Waals surface area contributed by atoms with Crippen LogP contribution in [-0.2, 0) is 4.79 Å². The van der Waals surface area contributed by atoms with Crippen LogP contribution in [0.4, 0.5) is 0 Å². The normalized spacial score (nSPS) is 20.9. The molecule has 1 aliphatic heterocycles. The van der Waals surface area contributed by atoms with E-state index in [1.165, 1.54) is 0 Å². The second-order valence-corrected chi connectivity index (χ2v) is 7.65. The van der Waals surface area contributed by atoms with Crippen LogP contribution >= 0.6 is 0 Å². The molecule has 4 rings (SSSR count). The first-order valence-corrected chi connectivity index (χ1v) is 9.98. The second-order valence-electron chi connectivity index (χ2n) is 7.65. The highest BCUT2D eigenvalue weighted by molar-refractivity contribution is 6.00. The first-order valence-electron chi connectivity index (χ1n) is 9.98. The third kappa shape index (κ3) is 3.35. The zero-order valence-electron chi connectivity index (χ0n) is 17.4. The van der Waals surface area contributed by atoms with Crippen LogP contribution in [0.2, 0.25) is 0 Å². The van der Waals surface area contributed by atoms with Gasteiger partial charge < -0.3 is 14.8 Å². The lowest BCUT2D eigenvalue weighted by Crippen LogP contribution is -2.33. The maximum atomic E-state index is 13.4. The number of methoxy groups -OCH3 is 2. The SMILES string of the molecule is COc1ccc(OC)c(C2C(C#N)=C(C)NC3=C2C(=O)CC(c2ccccc2)C3)c1. The number of allylic oxidation sites excluding steroid dienone is 4. The number of nitrogens with one attached hydrogen (secondary N) is 1. The lowest BCUT2D eigenvalue weighted by Gasteiger charge is -2.36. The quantitative estimate of drug-likeness (QED) is 0.813. The van der Waals surface area contributed by atoms with Crippen molar-refractivity contribution in [3.05, 3.63) is 82.2 Å². The molecule has 0 fully saturated rings. The number of nitriles is 1. The van der Waals surface area contributed by atoms with E-state index in [4.69, 9.17) is 9.47 Å². The summed E-state index contributed by atoms with van der Waals surface area (Å²) >= 11 is 0. The van der Waals surface area contributed by atoms with Gasteiger partial charge in [-0.2, -0.15) is 5.26 Å². The molecule has 1 heterocycles. The van der Waals surface area contributed by atoms with Crippen LogP contribution in [0.15, 0.2) is 71.1 Å². The van der Waals surface area contributed by atoms with E-state index in [0.29, 0.717) is 29.1 Å². The summed E-state index contributed by atoms with van der Waals surface area (Å²) < 4.78 is 11.0. The number of rotatable bonds is 4. The first-order chi connectivity index (χ1) is 14.6. The smallest absolute Gasteiger partial charge is 0.162 e. The Kier molecular flexibility index (Phi) is 5.33. The van der Waals surface area contributed by atoms with Crippen LogP contribution in [0.25, 0.3) is 0 Å². The Bertz CT molecular complexity index is 1090. The number of carbonyl (C=O) groups is 1. The third-order valence-electron chi connectivity index (χ3n) is 5.97. The Labute approximate surface area is 176 Å². The average Bonchev–Trinajstić information content (AvgIpc) is 2.78. The van der Waals surface area contributed by atoms with Gasteiger partial charge in [0.15, 0.2) is 5.78 Å². The zero-order chi connectivity index (χ0) is 21.3. The van der Waals surface area contributed by atoms with Crippen molar-refractivity contribution in [1.82, 2.24) is 5.32 Å². The highest BCUT2D eigenvalue weighted by Gasteiger charge is 2.40. The van der Waals surface area contributed by atoms with Crippen molar-refractivity contribution in [1.29, 1.82) is 5.26 Å². The van der Waals surface area contributed by atoms with E-state index in [1.807, 2.05) is 43.3 Å². The molecule has 5 nitrogen and oxygen atoms in total. The summed E-state index contributed by atoms with van der Waals surface area (Å²) in [6, 6.07) is 17.9. The molecule has 0 saturated carbocycles. The third-order valence-corrected chi connectivity index (χ3v) is 5.97. The van der Waals surface area contributed by atoms with Crippen LogP contribution in [-0.4, -0.2) is 20.0 Å². The Balaban J connectivity index is 1.85. The van der Waals surface area contributed by atoms with Crippen molar-refractivity contribution < 1.29 is 14.3 Å². The minimum Gasteiger partial charge on any atom is -0.497 e. The van der Waals surface area contributed by atoms with Gasteiger partial charge in [-0.1, -0.05) is 30.3 Å². The molecule has 0 saturated heterocycles. The van der Waals surface area contributed by atoms with Crippen molar-refractivity contribution >= 4 is 5.78 Å². The zero-order valence-corrected chi connectivity index (χ0v) is 17.4. The van der Waals surface area contributed by atoms with Gasteiger partial charge in [-0.15, -0.1) is 0 Å². The van der Waals surface area contributed by atoms with Crippen LogP contribution in [0.5, 0.6) is 11.5 Å². The summed E-state index contributed by atoms with van der Waals surface area (Å²) in [6.45, 7) is 1.89. The molecule has 1 aliphatic carbocycles. The Morgan fingerprint density at radius 2 is 1.83 bits per heavy atom.